The summed E-state index contributed by atoms with van der Waals surface area (Å²) in [5.41, 5.74) is 17.7. The number of primary amides is 2. The van der Waals surface area contributed by atoms with E-state index in [1.807, 2.05) is 23.5 Å². The van der Waals surface area contributed by atoms with Crippen LogP contribution in [0.3, 0.4) is 0 Å². The molecule has 4 atom stereocenters. The van der Waals surface area contributed by atoms with Crippen molar-refractivity contribution in [2.75, 3.05) is 0 Å². The molecule has 4 unspecified atom stereocenters. The fourth-order valence-corrected chi connectivity index (χ4v) is 3.79. The third-order valence-electron chi connectivity index (χ3n) is 5.80. The Hall–Kier alpha value is -4.99. The van der Waals surface area contributed by atoms with Gasteiger partial charge in [0.05, 0.1) is 18.9 Å². The number of H-pyrrole nitrogens is 1. The smallest absolute Gasteiger partial charge is 0.326 e. The van der Waals surface area contributed by atoms with Crippen molar-refractivity contribution in [3.8, 4) is 0 Å². The van der Waals surface area contributed by atoms with Gasteiger partial charge in [-0.15, -0.1) is 0 Å². The lowest BCUT2D eigenvalue weighted by atomic mass is 10.0. The lowest BCUT2D eigenvalue weighted by molar-refractivity contribution is -0.144. The zero-order chi connectivity index (χ0) is 30.0. The molecule has 16 nitrogen and oxygen atoms in total. The van der Waals surface area contributed by atoms with E-state index < -0.39 is 91.3 Å². The molecule has 40 heavy (non-hydrogen) atoms. The number of hydrogen-bond acceptors (Lipinski definition) is 8. The highest BCUT2D eigenvalue weighted by atomic mass is 16.4. The van der Waals surface area contributed by atoms with Crippen LogP contribution in [0.2, 0.25) is 0 Å². The van der Waals surface area contributed by atoms with Crippen LogP contribution in [-0.2, 0) is 40.0 Å². The summed E-state index contributed by atoms with van der Waals surface area (Å²) >= 11 is 0. The van der Waals surface area contributed by atoms with Gasteiger partial charge >= 0.3 is 11.9 Å². The number of para-hydroxylation sites is 1. The van der Waals surface area contributed by atoms with Crippen molar-refractivity contribution in [3.05, 3.63) is 36.0 Å². The molecule has 0 aliphatic carbocycles. The van der Waals surface area contributed by atoms with Crippen molar-refractivity contribution >= 4 is 52.4 Å². The molecular weight excluding hydrogens is 530 g/mol. The number of carbonyl (C=O) groups is 7. The monoisotopic (exact) mass is 561 g/mol. The summed E-state index contributed by atoms with van der Waals surface area (Å²) in [6, 6.07) is 1.08. The van der Waals surface area contributed by atoms with Crippen LogP contribution in [0.25, 0.3) is 10.9 Å². The minimum atomic E-state index is -1.74. The van der Waals surface area contributed by atoms with Gasteiger partial charge < -0.3 is 48.3 Å². The first kappa shape index (κ1) is 31.2. The number of nitrogens with one attached hydrogen (secondary N) is 4. The second-order valence-corrected chi connectivity index (χ2v) is 8.97. The van der Waals surface area contributed by atoms with Gasteiger partial charge in [-0.1, -0.05) is 18.2 Å². The van der Waals surface area contributed by atoms with E-state index in [2.05, 4.69) is 15.6 Å². The second-order valence-electron chi connectivity index (χ2n) is 8.97. The number of carboxylic acid groups (broad SMARTS) is 2. The number of hydrogen-bond donors (Lipinski definition) is 9. The number of amides is 5. The van der Waals surface area contributed by atoms with Gasteiger partial charge in [-0.05, 0) is 24.5 Å². The van der Waals surface area contributed by atoms with Gasteiger partial charge in [-0.2, -0.15) is 0 Å². The Morgan fingerprint density at radius 3 is 2.00 bits per heavy atom. The molecule has 16 heteroatoms. The molecule has 0 aliphatic heterocycles. The summed E-state index contributed by atoms with van der Waals surface area (Å²) in [5, 5.41) is 25.8. The quantitative estimate of drug-likeness (QED) is 0.101. The van der Waals surface area contributed by atoms with E-state index >= 15 is 0 Å². The van der Waals surface area contributed by atoms with E-state index in [1.54, 1.807) is 12.3 Å². The highest BCUT2D eigenvalue weighted by Crippen LogP contribution is 2.18. The van der Waals surface area contributed by atoms with Crippen molar-refractivity contribution in [2.45, 2.75) is 56.3 Å². The Bertz CT molecular complexity index is 1290. The van der Waals surface area contributed by atoms with Crippen molar-refractivity contribution in [2.24, 2.45) is 17.2 Å². The number of aromatic amines is 1. The van der Waals surface area contributed by atoms with Gasteiger partial charge in [-0.25, -0.2) is 4.79 Å². The van der Waals surface area contributed by atoms with Gasteiger partial charge in [-0.3, -0.25) is 28.8 Å². The van der Waals surface area contributed by atoms with Crippen LogP contribution in [0, 0.1) is 0 Å². The second kappa shape index (κ2) is 14.2. The SMILES string of the molecule is NC(=O)CCC(NC(=O)C(CC(=O)O)NC(=O)C(N)Cc1c[nH]c2ccccc12)C(=O)NC(CC(N)=O)C(=O)O. The van der Waals surface area contributed by atoms with Crippen LogP contribution in [-0.4, -0.2) is 80.8 Å². The molecule has 0 spiro atoms. The Kier molecular flexibility index (Phi) is 11.1. The highest BCUT2D eigenvalue weighted by molar-refractivity contribution is 5.96. The molecule has 0 saturated carbocycles. The summed E-state index contributed by atoms with van der Waals surface area (Å²) in [6.45, 7) is 0. The fourth-order valence-electron chi connectivity index (χ4n) is 3.79. The molecule has 0 bridgehead atoms. The zero-order valence-corrected chi connectivity index (χ0v) is 21.2. The maximum Gasteiger partial charge on any atom is 0.326 e. The molecule has 0 saturated heterocycles. The Labute approximate surface area is 227 Å². The van der Waals surface area contributed by atoms with E-state index in [0.29, 0.717) is 5.56 Å². The van der Waals surface area contributed by atoms with Crippen LogP contribution in [0.4, 0.5) is 0 Å². The number of aromatic nitrogens is 1. The average Bonchev–Trinajstić information content (AvgIpc) is 3.27. The summed E-state index contributed by atoms with van der Waals surface area (Å²) in [7, 11) is 0. The van der Waals surface area contributed by atoms with Crippen LogP contribution in [0.1, 0.15) is 31.2 Å². The Balaban J connectivity index is 2.16. The molecule has 216 valence electrons. The van der Waals surface area contributed by atoms with Crippen LogP contribution in [0.15, 0.2) is 30.5 Å². The number of carboxylic acids is 2. The summed E-state index contributed by atoms with van der Waals surface area (Å²) in [4.78, 5) is 86.7. The predicted molar refractivity (Wildman–Crippen MR) is 138 cm³/mol. The highest BCUT2D eigenvalue weighted by Gasteiger charge is 2.32. The van der Waals surface area contributed by atoms with Crippen LogP contribution >= 0.6 is 0 Å². The number of carbonyl (C=O) groups excluding carboxylic acids is 5. The topological polar surface area (TPSA) is 290 Å². The van der Waals surface area contributed by atoms with Crippen molar-refractivity contribution < 1.29 is 43.8 Å². The molecule has 0 aliphatic rings. The van der Waals surface area contributed by atoms with Crippen molar-refractivity contribution in [1.82, 2.24) is 20.9 Å². The minimum absolute atomic E-state index is 0.0529. The standard InChI is InChI=1S/C24H31N7O9/c25-13(7-11-10-28-14-4-2-1-3-12(11)14)21(36)30-16(9-20(34)35)23(38)29-15(5-6-18(26)32)22(37)31-17(24(39)40)8-19(27)33/h1-4,10,13,15-17,28H,5-9,25H2,(H2,26,32)(H2,27,33)(H,29,38)(H,30,36)(H,31,37)(H,34,35)(H,39,40). The predicted octanol–water partition coefficient (Wildman–Crippen LogP) is -2.81. The first-order chi connectivity index (χ1) is 18.8. The molecule has 1 heterocycles. The molecule has 2 aromatic rings. The molecule has 12 N–H and O–H groups in total. The van der Waals surface area contributed by atoms with Gasteiger partial charge in [0, 0.05) is 23.5 Å². The number of aliphatic carboxylic acids is 2. The molecule has 5 amide bonds. The molecule has 2 rings (SSSR count). The number of rotatable bonds is 16. The average molecular weight is 562 g/mol. The van der Waals surface area contributed by atoms with E-state index in [0.717, 1.165) is 10.9 Å². The van der Waals surface area contributed by atoms with Gasteiger partial charge in [0.15, 0.2) is 0 Å². The Morgan fingerprint density at radius 1 is 0.800 bits per heavy atom. The van der Waals surface area contributed by atoms with Gasteiger partial charge in [0.2, 0.25) is 29.5 Å². The van der Waals surface area contributed by atoms with E-state index in [4.69, 9.17) is 17.2 Å². The largest absolute Gasteiger partial charge is 0.481 e. The van der Waals surface area contributed by atoms with E-state index in [1.165, 1.54) is 0 Å². The van der Waals surface area contributed by atoms with Crippen LogP contribution in [0.5, 0.6) is 0 Å². The maximum atomic E-state index is 13.0. The van der Waals surface area contributed by atoms with Gasteiger partial charge in [0.25, 0.3) is 0 Å². The fraction of sp³-hybridized carbons (Fsp3) is 0.375. The number of nitrogens with two attached hydrogens (primary N) is 3. The summed E-state index contributed by atoms with van der Waals surface area (Å²) in [6.07, 6.45) is -0.743. The molecule has 1 aromatic heterocycles. The van der Waals surface area contributed by atoms with Crippen molar-refractivity contribution in [1.29, 1.82) is 0 Å². The molecule has 0 radical (unpaired) electrons. The normalized spacial score (nSPS) is 13.8. The van der Waals surface area contributed by atoms with Gasteiger partial charge in [0.1, 0.15) is 18.1 Å². The van der Waals surface area contributed by atoms with E-state index in [-0.39, 0.29) is 6.42 Å². The number of fused-ring (bicyclic) bond motifs is 1. The minimum Gasteiger partial charge on any atom is -0.481 e. The number of benzene rings is 1. The van der Waals surface area contributed by atoms with Crippen LogP contribution < -0.4 is 33.2 Å². The maximum absolute atomic E-state index is 13.0. The Morgan fingerprint density at radius 2 is 1.40 bits per heavy atom. The zero-order valence-electron chi connectivity index (χ0n) is 21.2. The third-order valence-corrected chi connectivity index (χ3v) is 5.80. The molecular formula is C24H31N7O9. The lowest BCUT2D eigenvalue weighted by Crippen LogP contribution is -2.58. The molecule has 1 aromatic carbocycles. The first-order valence-electron chi connectivity index (χ1n) is 12.0. The van der Waals surface area contributed by atoms with Crippen molar-refractivity contribution in [3.63, 3.8) is 0 Å². The lowest BCUT2D eigenvalue weighted by Gasteiger charge is -2.24. The third kappa shape index (κ3) is 9.39. The first-order valence-corrected chi connectivity index (χ1v) is 12.0. The van der Waals surface area contributed by atoms with E-state index in [9.17, 15) is 43.8 Å². The summed E-state index contributed by atoms with van der Waals surface area (Å²) < 4.78 is 0. The molecule has 0 fully saturated rings. The summed E-state index contributed by atoms with van der Waals surface area (Å²) in [5.74, 6) is -8.02.